The third-order valence-electron chi connectivity index (χ3n) is 2.03. The van der Waals surface area contributed by atoms with Crippen LogP contribution < -0.4 is 0 Å². The fourth-order valence-electron chi connectivity index (χ4n) is 1.19. The Hall–Kier alpha value is -1.95. The Labute approximate surface area is 101 Å². The third kappa shape index (κ3) is 3.53. The van der Waals surface area contributed by atoms with Crippen molar-refractivity contribution in [3.63, 3.8) is 0 Å². The van der Waals surface area contributed by atoms with Gasteiger partial charge in [0, 0.05) is 18.1 Å². The molecular formula is C10H8ClNO5. The number of nitro benzene ring substituents is 1. The fraction of sp³-hybridized carbons (Fsp3) is 0.200. The summed E-state index contributed by atoms with van der Waals surface area (Å²) in [5, 5.41) is 18.9. The molecule has 1 N–H and O–H groups in total. The smallest absolute Gasteiger partial charge is 0.303 e. The number of ketones is 1. The minimum absolute atomic E-state index is 0.0650. The molecular weight excluding hydrogens is 250 g/mol. The van der Waals surface area contributed by atoms with Gasteiger partial charge < -0.3 is 5.11 Å². The molecule has 1 aromatic carbocycles. The lowest BCUT2D eigenvalue weighted by Crippen LogP contribution is -2.04. The van der Waals surface area contributed by atoms with Crippen molar-refractivity contribution in [1.29, 1.82) is 0 Å². The Kier molecular flexibility index (Phi) is 4.17. The molecule has 0 aliphatic rings. The van der Waals surface area contributed by atoms with E-state index in [4.69, 9.17) is 16.7 Å². The zero-order chi connectivity index (χ0) is 13.0. The van der Waals surface area contributed by atoms with Crippen LogP contribution in [-0.4, -0.2) is 21.8 Å². The summed E-state index contributed by atoms with van der Waals surface area (Å²) in [7, 11) is 0. The molecule has 0 amide bonds. The number of carbonyl (C=O) groups is 2. The molecule has 0 fully saturated rings. The molecule has 0 saturated carbocycles. The van der Waals surface area contributed by atoms with Gasteiger partial charge in [-0.3, -0.25) is 19.7 Å². The monoisotopic (exact) mass is 257 g/mol. The summed E-state index contributed by atoms with van der Waals surface area (Å²) in [5.41, 5.74) is -0.282. The third-order valence-corrected chi connectivity index (χ3v) is 2.35. The first kappa shape index (κ1) is 13.1. The van der Waals surface area contributed by atoms with E-state index in [0.29, 0.717) is 0 Å². The molecule has 1 aromatic rings. The SMILES string of the molecule is O=C(O)CCC(=O)c1ccc(Cl)c([N+](=O)[O-])c1. The average molecular weight is 258 g/mol. The average Bonchev–Trinajstić information content (AvgIpc) is 2.26. The second-order valence-electron chi connectivity index (χ2n) is 3.24. The van der Waals surface area contributed by atoms with Gasteiger partial charge in [0.1, 0.15) is 5.02 Å². The molecule has 0 aliphatic carbocycles. The van der Waals surface area contributed by atoms with Crippen molar-refractivity contribution in [2.24, 2.45) is 0 Å². The summed E-state index contributed by atoms with van der Waals surface area (Å²) in [6.45, 7) is 0. The second-order valence-corrected chi connectivity index (χ2v) is 3.65. The van der Waals surface area contributed by atoms with Crippen LogP contribution in [0.25, 0.3) is 0 Å². The van der Waals surface area contributed by atoms with E-state index in [1.54, 1.807) is 0 Å². The summed E-state index contributed by atoms with van der Waals surface area (Å²) in [6, 6.07) is 3.62. The highest BCUT2D eigenvalue weighted by atomic mass is 35.5. The number of hydrogen-bond donors (Lipinski definition) is 1. The van der Waals surface area contributed by atoms with E-state index in [0.717, 1.165) is 6.07 Å². The number of carboxylic acids is 1. The molecule has 0 heterocycles. The highest BCUT2D eigenvalue weighted by Crippen LogP contribution is 2.25. The summed E-state index contributed by atoms with van der Waals surface area (Å²) in [4.78, 5) is 31.7. The zero-order valence-electron chi connectivity index (χ0n) is 8.55. The first-order valence-corrected chi connectivity index (χ1v) is 4.98. The molecule has 0 saturated heterocycles. The first-order valence-electron chi connectivity index (χ1n) is 4.60. The van der Waals surface area contributed by atoms with E-state index in [2.05, 4.69) is 0 Å². The molecule has 17 heavy (non-hydrogen) atoms. The lowest BCUT2D eigenvalue weighted by molar-refractivity contribution is -0.384. The molecule has 0 spiro atoms. The summed E-state index contributed by atoms with van der Waals surface area (Å²) in [6.07, 6.45) is -0.511. The standard InChI is InChI=1S/C10H8ClNO5/c11-7-2-1-6(5-8(7)12(16)17)9(13)3-4-10(14)15/h1-2,5H,3-4H2,(H,14,15). The summed E-state index contributed by atoms with van der Waals surface area (Å²) < 4.78 is 0. The van der Waals surface area contributed by atoms with Crippen LogP contribution in [-0.2, 0) is 4.79 Å². The number of nitro groups is 1. The highest BCUT2D eigenvalue weighted by Gasteiger charge is 2.16. The van der Waals surface area contributed by atoms with Crippen LogP contribution >= 0.6 is 11.6 Å². The first-order chi connectivity index (χ1) is 7.91. The number of hydrogen-bond acceptors (Lipinski definition) is 4. The predicted octanol–water partition coefficient (Wildman–Crippen LogP) is 2.30. The number of benzene rings is 1. The van der Waals surface area contributed by atoms with E-state index in [9.17, 15) is 19.7 Å². The number of nitrogens with zero attached hydrogens (tertiary/aromatic N) is 1. The Morgan fingerprint density at radius 2 is 2.00 bits per heavy atom. The molecule has 6 nitrogen and oxygen atoms in total. The van der Waals surface area contributed by atoms with Gasteiger partial charge in [0.2, 0.25) is 0 Å². The Balaban J connectivity index is 2.92. The normalized spacial score (nSPS) is 9.94. The van der Waals surface area contributed by atoms with Gasteiger partial charge in [0.25, 0.3) is 5.69 Å². The van der Waals surface area contributed by atoms with Gasteiger partial charge >= 0.3 is 5.97 Å². The lowest BCUT2D eigenvalue weighted by Gasteiger charge is -2.00. The van der Waals surface area contributed by atoms with Crippen LogP contribution in [0.3, 0.4) is 0 Å². The molecule has 0 bridgehead atoms. The molecule has 0 unspecified atom stereocenters. The van der Waals surface area contributed by atoms with Crippen molar-refractivity contribution < 1.29 is 19.6 Å². The van der Waals surface area contributed by atoms with Gasteiger partial charge in [0.05, 0.1) is 11.3 Å². The number of carboxylic acid groups (broad SMARTS) is 1. The van der Waals surface area contributed by atoms with Crippen molar-refractivity contribution in [3.8, 4) is 0 Å². The van der Waals surface area contributed by atoms with Crippen molar-refractivity contribution in [1.82, 2.24) is 0 Å². The van der Waals surface area contributed by atoms with E-state index in [1.165, 1.54) is 12.1 Å². The molecule has 7 heteroatoms. The number of aliphatic carboxylic acids is 1. The Morgan fingerprint density at radius 1 is 1.35 bits per heavy atom. The molecule has 0 radical (unpaired) electrons. The van der Waals surface area contributed by atoms with Gasteiger partial charge in [0.15, 0.2) is 5.78 Å². The lowest BCUT2D eigenvalue weighted by atomic mass is 10.1. The molecule has 1 rings (SSSR count). The van der Waals surface area contributed by atoms with Crippen LogP contribution in [0.4, 0.5) is 5.69 Å². The molecule has 90 valence electrons. The van der Waals surface area contributed by atoms with Gasteiger partial charge in [-0.2, -0.15) is 0 Å². The number of carbonyl (C=O) groups excluding carboxylic acids is 1. The number of halogens is 1. The quantitative estimate of drug-likeness (QED) is 0.496. The van der Waals surface area contributed by atoms with Crippen LogP contribution in [0.2, 0.25) is 5.02 Å². The van der Waals surface area contributed by atoms with Gasteiger partial charge in [-0.1, -0.05) is 11.6 Å². The van der Waals surface area contributed by atoms with Crippen molar-refractivity contribution in [2.75, 3.05) is 0 Å². The maximum absolute atomic E-state index is 11.5. The minimum Gasteiger partial charge on any atom is -0.481 e. The Bertz CT molecular complexity index is 486. The minimum atomic E-state index is -1.10. The molecule has 0 atom stereocenters. The van der Waals surface area contributed by atoms with Crippen molar-refractivity contribution >= 4 is 29.0 Å². The van der Waals surface area contributed by atoms with Crippen LogP contribution in [0, 0.1) is 10.1 Å². The van der Waals surface area contributed by atoms with Crippen LogP contribution in [0.5, 0.6) is 0 Å². The number of rotatable bonds is 5. The Morgan fingerprint density at radius 3 is 2.53 bits per heavy atom. The topological polar surface area (TPSA) is 97.5 Å². The van der Waals surface area contributed by atoms with Gasteiger partial charge in [-0.05, 0) is 12.1 Å². The van der Waals surface area contributed by atoms with Crippen LogP contribution in [0.1, 0.15) is 23.2 Å². The molecule has 0 aliphatic heterocycles. The van der Waals surface area contributed by atoms with E-state index >= 15 is 0 Å². The van der Waals surface area contributed by atoms with E-state index in [1.807, 2.05) is 0 Å². The highest BCUT2D eigenvalue weighted by molar-refractivity contribution is 6.32. The van der Waals surface area contributed by atoms with Crippen LogP contribution in [0.15, 0.2) is 18.2 Å². The fourth-order valence-corrected chi connectivity index (χ4v) is 1.38. The predicted molar refractivity (Wildman–Crippen MR) is 59.3 cm³/mol. The largest absolute Gasteiger partial charge is 0.481 e. The summed E-state index contributed by atoms with van der Waals surface area (Å²) in [5.74, 6) is -1.56. The van der Waals surface area contributed by atoms with E-state index < -0.39 is 16.7 Å². The zero-order valence-corrected chi connectivity index (χ0v) is 9.31. The van der Waals surface area contributed by atoms with Gasteiger partial charge in [-0.15, -0.1) is 0 Å². The van der Waals surface area contributed by atoms with Crippen molar-refractivity contribution in [2.45, 2.75) is 12.8 Å². The maximum atomic E-state index is 11.5. The van der Waals surface area contributed by atoms with Crippen molar-refractivity contribution in [3.05, 3.63) is 38.9 Å². The van der Waals surface area contributed by atoms with E-state index in [-0.39, 0.29) is 29.1 Å². The second kappa shape index (κ2) is 5.40. The maximum Gasteiger partial charge on any atom is 0.303 e. The number of Topliss-reactive ketones (excluding diaryl/α,β-unsaturated/α-hetero) is 1. The summed E-state index contributed by atoms with van der Waals surface area (Å²) >= 11 is 5.58. The molecule has 0 aromatic heterocycles. The van der Waals surface area contributed by atoms with Gasteiger partial charge in [-0.25, -0.2) is 0 Å².